The van der Waals surface area contributed by atoms with Gasteiger partial charge in [-0.3, -0.25) is 9.74 Å². The fourth-order valence-corrected chi connectivity index (χ4v) is 1.04. The summed E-state index contributed by atoms with van der Waals surface area (Å²) in [7, 11) is 1.61. The van der Waals surface area contributed by atoms with Crippen molar-refractivity contribution in [1.29, 1.82) is 0 Å². The normalized spacial score (nSPS) is 9.86. The fraction of sp³-hybridized carbons (Fsp3) is 0.222. The summed E-state index contributed by atoms with van der Waals surface area (Å²) in [6.45, 7) is 0.348. The Kier molecular flexibility index (Phi) is 3.44. The third kappa shape index (κ3) is 2.45. The largest absolute Gasteiger partial charge is 0.351 e. The Labute approximate surface area is 82.2 Å². The highest BCUT2D eigenvalue weighted by Crippen LogP contribution is 2.13. The predicted octanol–water partition coefficient (Wildman–Crippen LogP) is 0.592. The summed E-state index contributed by atoms with van der Waals surface area (Å²) in [4.78, 5) is 16.6. The highest BCUT2D eigenvalue weighted by molar-refractivity contribution is 5.89. The van der Waals surface area contributed by atoms with Crippen molar-refractivity contribution in [1.82, 2.24) is 0 Å². The summed E-state index contributed by atoms with van der Waals surface area (Å²) < 4.78 is 0. The Morgan fingerprint density at radius 3 is 2.43 bits per heavy atom. The predicted molar refractivity (Wildman–Crippen MR) is 53.4 cm³/mol. The van der Waals surface area contributed by atoms with Gasteiger partial charge in [-0.25, -0.2) is 10.7 Å². The van der Waals surface area contributed by atoms with Gasteiger partial charge in [0.15, 0.2) is 0 Å². The number of hydrogen-bond donors (Lipinski definition) is 2. The summed E-state index contributed by atoms with van der Waals surface area (Å²) in [5.74, 6) is 4.92. The lowest BCUT2D eigenvalue weighted by molar-refractivity contribution is 0.124. The molecule has 0 spiro atoms. The van der Waals surface area contributed by atoms with E-state index >= 15 is 0 Å². The number of amides is 2. The number of carbonyl (C=O) groups is 1. The molecule has 0 saturated heterocycles. The number of benzene rings is 1. The van der Waals surface area contributed by atoms with Gasteiger partial charge in [0.1, 0.15) is 0 Å². The van der Waals surface area contributed by atoms with Gasteiger partial charge in [0.25, 0.3) is 0 Å². The summed E-state index contributed by atoms with van der Waals surface area (Å²) in [5.41, 5.74) is 6.78. The molecule has 0 aliphatic heterocycles. The molecule has 1 aromatic rings. The van der Waals surface area contributed by atoms with Crippen LogP contribution in [0, 0.1) is 0 Å². The van der Waals surface area contributed by atoms with Crippen LogP contribution in [0.15, 0.2) is 24.3 Å². The van der Waals surface area contributed by atoms with Gasteiger partial charge in [-0.1, -0.05) is 12.1 Å². The molecule has 0 atom stereocenters. The Bertz CT molecular complexity index is 310. The minimum Gasteiger partial charge on any atom is -0.351 e. The number of urea groups is 1. The van der Waals surface area contributed by atoms with Gasteiger partial charge in [0.05, 0.1) is 6.61 Å². The van der Waals surface area contributed by atoms with Crippen LogP contribution < -0.4 is 16.5 Å². The number of primary amides is 1. The van der Waals surface area contributed by atoms with Crippen LogP contribution >= 0.6 is 0 Å². The Hall–Kier alpha value is -1.59. The minimum atomic E-state index is -0.493. The van der Waals surface area contributed by atoms with E-state index in [1.165, 1.54) is 4.90 Å². The van der Waals surface area contributed by atoms with E-state index in [1.54, 1.807) is 19.2 Å². The molecule has 0 aliphatic carbocycles. The van der Waals surface area contributed by atoms with Crippen LogP contribution in [0.3, 0.4) is 0 Å². The monoisotopic (exact) mass is 195 g/mol. The van der Waals surface area contributed by atoms with Crippen LogP contribution in [0.25, 0.3) is 0 Å². The zero-order chi connectivity index (χ0) is 10.6. The van der Waals surface area contributed by atoms with E-state index in [1.807, 2.05) is 12.1 Å². The highest BCUT2D eigenvalue weighted by Gasteiger charge is 2.05. The van der Waals surface area contributed by atoms with E-state index in [-0.39, 0.29) is 0 Å². The molecule has 0 fully saturated rings. The first-order valence-electron chi connectivity index (χ1n) is 4.09. The molecule has 5 nitrogen and oxygen atoms in total. The smallest absolute Gasteiger partial charge is 0.318 e. The van der Waals surface area contributed by atoms with E-state index in [9.17, 15) is 4.79 Å². The second-order valence-corrected chi connectivity index (χ2v) is 2.87. The first-order valence-corrected chi connectivity index (χ1v) is 4.09. The summed E-state index contributed by atoms with van der Waals surface area (Å²) >= 11 is 0. The van der Waals surface area contributed by atoms with Crippen molar-refractivity contribution in [3.63, 3.8) is 0 Å². The summed E-state index contributed by atoms with van der Waals surface area (Å²) in [6, 6.07) is 6.70. The molecule has 0 aromatic heterocycles. The lowest BCUT2D eigenvalue weighted by atomic mass is 10.2. The Balaban J connectivity index is 2.77. The molecular weight excluding hydrogens is 182 g/mol. The molecule has 14 heavy (non-hydrogen) atoms. The zero-order valence-electron chi connectivity index (χ0n) is 7.93. The molecule has 0 heterocycles. The van der Waals surface area contributed by atoms with Crippen molar-refractivity contribution in [3.8, 4) is 0 Å². The SMILES string of the molecule is CN(C(N)=O)c1ccc(CON)cc1. The first-order chi connectivity index (χ1) is 6.65. The molecule has 2 amide bonds. The molecule has 76 valence electrons. The second kappa shape index (κ2) is 4.59. The summed E-state index contributed by atoms with van der Waals surface area (Å²) in [5, 5.41) is 0. The van der Waals surface area contributed by atoms with Crippen LogP contribution in [-0.4, -0.2) is 13.1 Å². The van der Waals surface area contributed by atoms with Crippen LogP contribution in [0.1, 0.15) is 5.56 Å². The maximum absolute atomic E-state index is 10.8. The van der Waals surface area contributed by atoms with Crippen molar-refractivity contribution in [3.05, 3.63) is 29.8 Å². The molecule has 0 saturated carbocycles. The molecule has 1 rings (SSSR count). The van der Waals surface area contributed by atoms with Crippen molar-refractivity contribution in [2.75, 3.05) is 11.9 Å². The number of nitrogens with zero attached hydrogens (tertiary/aromatic N) is 1. The van der Waals surface area contributed by atoms with Gasteiger partial charge >= 0.3 is 6.03 Å². The van der Waals surface area contributed by atoms with Crippen molar-refractivity contribution < 1.29 is 9.63 Å². The Morgan fingerprint density at radius 2 is 2.00 bits per heavy atom. The van der Waals surface area contributed by atoms with Gasteiger partial charge in [-0.05, 0) is 17.7 Å². The maximum atomic E-state index is 10.8. The van der Waals surface area contributed by atoms with Gasteiger partial charge in [-0.15, -0.1) is 0 Å². The highest BCUT2D eigenvalue weighted by atomic mass is 16.6. The van der Waals surface area contributed by atoms with E-state index in [4.69, 9.17) is 11.6 Å². The number of nitrogens with two attached hydrogens (primary N) is 2. The summed E-state index contributed by atoms with van der Waals surface area (Å²) in [6.07, 6.45) is 0. The first kappa shape index (κ1) is 10.5. The van der Waals surface area contributed by atoms with Gasteiger partial charge in [-0.2, -0.15) is 0 Å². The van der Waals surface area contributed by atoms with Crippen LogP contribution in [0.2, 0.25) is 0 Å². The number of anilines is 1. The van der Waals surface area contributed by atoms with E-state index in [2.05, 4.69) is 4.84 Å². The Morgan fingerprint density at radius 1 is 1.43 bits per heavy atom. The van der Waals surface area contributed by atoms with Gasteiger partial charge in [0, 0.05) is 12.7 Å². The third-order valence-corrected chi connectivity index (χ3v) is 1.90. The zero-order valence-corrected chi connectivity index (χ0v) is 7.93. The van der Waals surface area contributed by atoms with Gasteiger partial charge in [0.2, 0.25) is 0 Å². The molecule has 0 unspecified atom stereocenters. The molecule has 5 heteroatoms. The molecule has 0 radical (unpaired) electrons. The van der Waals surface area contributed by atoms with Crippen LogP contribution in [-0.2, 0) is 11.4 Å². The average Bonchev–Trinajstić information content (AvgIpc) is 2.18. The van der Waals surface area contributed by atoms with E-state index in [0.717, 1.165) is 11.3 Å². The molecule has 0 aliphatic rings. The van der Waals surface area contributed by atoms with E-state index < -0.39 is 6.03 Å². The van der Waals surface area contributed by atoms with Crippen LogP contribution in [0.5, 0.6) is 0 Å². The van der Waals surface area contributed by atoms with Crippen molar-refractivity contribution >= 4 is 11.7 Å². The lowest BCUT2D eigenvalue weighted by Crippen LogP contribution is -2.31. The maximum Gasteiger partial charge on any atom is 0.318 e. The van der Waals surface area contributed by atoms with E-state index in [0.29, 0.717) is 6.61 Å². The quantitative estimate of drug-likeness (QED) is 0.692. The molecule has 4 N–H and O–H groups in total. The molecule has 1 aromatic carbocycles. The standard InChI is InChI=1S/C9H13N3O2/c1-12(9(10)13)8-4-2-7(3-5-8)6-14-11/h2-5H,6,11H2,1H3,(H2,10,13). The van der Waals surface area contributed by atoms with Crippen molar-refractivity contribution in [2.45, 2.75) is 6.61 Å². The second-order valence-electron chi connectivity index (χ2n) is 2.87. The number of rotatable bonds is 3. The average molecular weight is 195 g/mol. The lowest BCUT2D eigenvalue weighted by Gasteiger charge is -2.14. The van der Waals surface area contributed by atoms with Crippen LogP contribution in [0.4, 0.5) is 10.5 Å². The fourth-order valence-electron chi connectivity index (χ4n) is 1.04. The van der Waals surface area contributed by atoms with Crippen molar-refractivity contribution in [2.24, 2.45) is 11.6 Å². The van der Waals surface area contributed by atoms with Gasteiger partial charge < -0.3 is 5.73 Å². The third-order valence-electron chi connectivity index (χ3n) is 1.90. The molecule has 0 bridgehead atoms. The number of carbonyl (C=O) groups excluding carboxylic acids is 1. The molecular formula is C9H13N3O2. The topological polar surface area (TPSA) is 81.6 Å². The number of hydrogen-bond acceptors (Lipinski definition) is 3. The minimum absolute atomic E-state index is 0.348.